The normalized spacial score (nSPS) is 11.1. The van der Waals surface area contributed by atoms with E-state index in [-0.39, 0.29) is 6.61 Å². The second kappa shape index (κ2) is 5.14. The summed E-state index contributed by atoms with van der Waals surface area (Å²) in [6.45, 7) is -0.00206. The van der Waals surface area contributed by atoms with E-state index in [4.69, 9.17) is 28.3 Å². The molecule has 0 fully saturated rings. The summed E-state index contributed by atoms with van der Waals surface area (Å²) < 4.78 is 0. The number of rotatable bonds is 3. The van der Waals surface area contributed by atoms with Crippen LogP contribution in [0.2, 0.25) is 10.0 Å². The molecule has 0 atom stereocenters. The third-order valence-corrected chi connectivity index (χ3v) is 3.42. The molecular weight excluding hydrogens is 279 g/mol. The summed E-state index contributed by atoms with van der Waals surface area (Å²) >= 11 is 12.0. The largest absolute Gasteiger partial charge is 0.396 e. The van der Waals surface area contributed by atoms with Gasteiger partial charge >= 0.3 is 11.1 Å². The standard InChI is InChI=1S/C11H10Cl2N2O3/c12-6-4-7-9(15-11(18)10(17)14-7)5(8(6)13)2-1-3-16/h4,16H,1-3H2,(H,14,17)(H,15,18). The zero-order valence-electron chi connectivity index (χ0n) is 9.22. The van der Waals surface area contributed by atoms with E-state index in [2.05, 4.69) is 9.97 Å². The molecule has 0 aliphatic carbocycles. The highest BCUT2D eigenvalue weighted by Gasteiger charge is 2.12. The lowest BCUT2D eigenvalue weighted by atomic mass is 10.1. The zero-order valence-corrected chi connectivity index (χ0v) is 10.7. The minimum atomic E-state index is -0.744. The van der Waals surface area contributed by atoms with Gasteiger partial charge in [0.1, 0.15) is 0 Å². The van der Waals surface area contributed by atoms with Crippen molar-refractivity contribution in [1.82, 2.24) is 9.97 Å². The number of nitrogens with one attached hydrogen (secondary N) is 2. The molecule has 0 bridgehead atoms. The first-order valence-corrected chi connectivity index (χ1v) is 6.04. The Morgan fingerprint density at radius 2 is 1.83 bits per heavy atom. The summed E-state index contributed by atoms with van der Waals surface area (Å²) in [4.78, 5) is 27.5. The quantitative estimate of drug-likeness (QED) is 0.747. The predicted octanol–water partition coefficient (Wildman–Crippen LogP) is 1.45. The molecule has 0 amide bonds. The van der Waals surface area contributed by atoms with Gasteiger partial charge in [-0.05, 0) is 24.5 Å². The van der Waals surface area contributed by atoms with Crippen molar-refractivity contribution >= 4 is 34.2 Å². The first kappa shape index (κ1) is 13.1. The molecule has 7 heteroatoms. The number of aryl methyl sites for hydroxylation is 1. The number of fused-ring (bicyclic) bond motifs is 1. The SMILES string of the molecule is O=c1[nH]c2cc(Cl)c(Cl)c(CCCO)c2[nH]c1=O. The highest BCUT2D eigenvalue weighted by atomic mass is 35.5. The maximum atomic E-state index is 11.3. The number of aliphatic hydroxyl groups is 1. The summed E-state index contributed by atoms with van der Waals surface area (Å²) in [5, 5.41) is 9.46. The van der Waals surface area contributed by atoms with Crippen molar-refractivity contribution in [1.29, 1.82) is 0 Å². The van der Waals surface area contributed by atoms with E-state index in [1.807, 2.05) is 0 Å². The first-order chi connectivity index (χ1) is 8.54. The van der Waals surface area contributed by atoms with Gasteiger partial charge in [-0.15, -0.1) is 0 Å². The fourth-order valence-corrected chi connectivity index (χ4v) is 2.23. The van der Waals surface area contributed by atoms with Gasteiger partial charge in [0, 0.05) is 6.61 Å². The summed E-state index contributed by atoms with van der Waals surface area (Å²) in [5.74, 6) is 0. The third-order valence-electron chi connectivity index (χ3n) is 2.59. The van der Waals surface area contributed by atoms with E-state index >= 15 is 0 Å². The molecule has 0 aliphatic heterocycles. The van der Waals surface area contributed by atoms with Crippen molar-refractivity contribution in [2.75, 3.05) is 6.61 Å². The van der Waals surface area contributed by atoms with Gasteiger partial charge in [0.15, 0.2) is 0 Å². The Labute approximate surface area is 111 Å². The van der Waals surface area contributed by atoms with Crippen molar-refractivity contribution < 1.29 is 5.11 Å². The van der Waals surface area contributed by atoms with Crippen LogP contribution in [0.1, 0.15) is 12.0 Å². The molecule has 0 saturated heterocycles. The molecule has 96 valence electrons. The van der Waals surface area contributed by atoms with Gasteiger partial charge in [0.2, 0.25) is 0 Å². The molecule has 2 rings (SSSR count). The highest BCUT2D eigenvalue weighted by Crippen LogP contribution is 2.31. The maximum absolute atomic E-state index is 11.3. The first-order valence-electron chi connectivity index (χ1n) is 5.28. The Morgan fingerprint density at radius 1 is 1.17 bits per heavy atom. The van der Waals surface area contributed by atoms with Crippen LogP contribution in [-0.4, -0.2) is 21.7 Å². The fraction of sp³-hybridized carbons (Fsp3) is 0.273. The van der Waals surface area contributed by atoms with Crippen LogP contribution < -0.4 is 11.1 Å². The monoisotopic (exact) mass is 288 g/mol. The van der Waals surface area contributed by atoms with Crippen molar-refractivity contribution in [3.63, 3.8) is 0 Å². The zero-order chi connectivity index (χ0) is 13.3. The molecule has 1 aromatic carbocycles. The van der Waals surface area contributed by atoms with Gasteiger partial charge < -0.3 is 15.1 Å². The van der Waals surface area contributed by atoms with E-state index in [1.165, 1.54) is 6.07 Å². The molecule has 5 nitrogen and oxygen atoms in total. The van der Waals surface area contributed by atoms with Crippen molar-refractivity contribution in [2.45, 2.75) is 12.8 Å². The van der Waals surface area contributed by atoms with E-state index in [1.54, 1.807) is 0 Å². The smallest absolute Gasteiger partial charge is 0.314 e. The summed E-state index contributed by atoms with van der Waals surface area (Å²) in [6, 6.07) is 1.49. The second-order valence-corrected chi connectivity index (χ2v) is 4.59. The molecule has 1 heterocycles. The Kier molecular flexibility index (Phi) is 3.75. The third kappa shape index (κ3) is 2.29. The van der Waals surface area contributed by atoms with Gasteiger partial charge in [-0.3, -0.25) is 9.59 Å². The van der Waals surface area contributed by atoms with Crippen LogP contribution in [0.5, 0.6) is 0 Å². The summed E-state index contributed by atoms with van der Waals surface area (Å²) in [6.07, 6.45) is 0.935. The van der Waals surface area contributed by atoms with Crippen LogP contribution in [0.25, 0.3) is 11.0 Å². The lowest BCUT2D eigenvalue weighted by molar-refractivity contribution is 0.289. The van der Waals surface area contributed by atoms with Crippen molar-refractivity contribution in [3.8, 4) is 0 Å². The fourth-order valence-electron chi connectivity index (χ4n) is 1.76. The predicted molar refractivity (Wildman–Crippen MR) is 70.6 cm³/mol. The van der Waals surface area contributed by atoms with E-state index in [9.17, 15) is 9.59 Å². The molecule has 2 aromatic rings. The molecule has 0 spiro atoms. The van der Waals surface area contributed by atoms with Crippen molar-refractivity contribution in [3.05, 3.63) is 42.4 Å². The Balaban J connectivity index is 2.79. The van der Waals surface area contributed by atoms with Gasteiger partial charge in [-0.25, -0.2) is 0 Å². The van der Waals surface area contributed by atoms with E-state index in [0.717, 1.165) is 0 Å². The highest BCUT2D eigenvalue weighted by molar-refractivity contribution is 6.43. The summed E-state index contributed by atoms with van der Waals surface area (Å²) in [7, 11) is 0. The molecule has 0 saturated carbocycles. The molecule has 3 N–H and O–H groups in total. The van der Waals surface area contributed by atoms with Gasteiger partial charge in [0.05, 0.1) is 21.1 Å². The maximum Gasteiger partial charge on any atom is 0.314 e. The molecule has 1 aromatic heterocycles. The van der Waals surface area contributed by atoms with Crippen LogP contribution in [0.3, 0.4) is 0 Å². The number of H-pyrrole nitrogens is 2. The van der Waals surface area contributed by atoms with Gasteiger partial charge in [-0.1, -0.05) is 23.2 Å². The number of aromatic nitrogens is 2. The van der Waals surface area contributed by atoms with Crippen LogP contribution in [0.4, 0.5) is 0 Å². The van der Waals surface area contributed by atoms with Crippen LogP contribution in [0, 0.1) is 0 Å². The average molecular weight is 289 g/mol. The average Bonchev–Trinajstić information content (AvgIpc) is 2.33. The van der Waals surface area contributed by atoms with Crippen molar-refractivity contribution in [2.24, 2.45) is 0 Å². The molecular formula is C11H10Cl2N2O3. The lowest BCUT2D eigenvalue weighted by Crippen LogP contribution is -2.29. The molecule has 18 heavy (non-hydrogen) atoms. The lowest BCUT2D eigenvalue weighted by Gasteiger charge is -2.09. The van der Waals surface area contributed by atoms with Gasteiger partial charge in [0.25, 0.3) is 0 Å². The van der Waals surface area contributed by atoms with E-state index in [0.29, 0.717) is 39.5 Å². The molecule has 0 radical (unpaired) electrons. The number of aromatic amines is 2. The molecule has 0 aliphatic rings. The Morgan fingerprint density at radius 3 is 2.50 bits per heavy atom. The van der Waals surface area contributed by atoms with E-state index < -0.39 is 11.1 Å². The number of halogens is 2. The number of hydrogen-bond donors (Lipinski definition) is 3. The van der Waals surface area contributed by atoms with Crippen LogP contribution in [-0.2, 0) is 6.42 Å². The second-order valence-electron chi connectivity index (χ2n) is 3.81. The minimum Gasteiger partial charge on any atom is -0.396 e. The van der Waals surface area contributed by atoms with Crippen LogP contribution in [0.15, 0.2) is 15.7 Å². The Hall–Kier alpha value is -1.30. The van der Waals surface area contributed by atoms with Gasteiger partial charge in [-0.2, -0.15) is 0 Å². The minimum absolute atomic E-state index is 0.00206. The topological polar surface area (TPSA) is 85.9 Å². The van der Waals surface area contributed by atoms with Crippen LogP contribution >= 0.6 is 23.2 Å². The number of benzene rings is 1. The Bertz CT molecular complexity index is 706. The number of hydrogen-bond acceptors (Lipinski definition) is 3. The summed E-state index contributed by atoms with van der Waals surface area (Å²) in [5.41, 5.74) is -0.00825. The molecule has 0 unspecified atom stereocenters. The number of aliphatic hydroxyl groups excluding tert-OH is 1.